The molecule has 1 aliphatic rings. The van der Waals surface area contributed by atoms with Crippen molar-refractivity contribution in [1.82, 2.24) is 10.2 Å². The molecule has 4 N–H and O–H groups in total. The number of ether oxygens (including phenoxy) is 1. The van der Waals surface area contributed by atoms with E-state index in [0.717, 1.165) is 12.8 Å². The van der Waals surface area contributed by atoms with Crippen LogP contribution in [0, 0.1) is 0 Å². The summed E-state index contributed by atoms with van der Waals surface area (Å²) in [4.78, 5) is 35.6. The maximum atomic E-state index is 11.9. The third kappa shape index (κ3) is 5.73. The molecule has 0 radical (unpaired) electrons. The molecule has 8 heteroatoms. The fourth-order valence-electron chi connectivity index (χ4n) is 2.95. The molecular weight excluding hydrogens is 338 g/mol. The number of carbonyl (C=O) groups excluding carboxylic acids is 2. The lowest BCUT2D eigenvalue weighted by Gasteiger charge is -2.42. The highest BCUT2D eigenvalue weighted by molar-refractivity contribution is 5.92. The number of primary amides is 1. The van der Waals surface area contributed by atoms with Crippen molar-refractivity contribution in [2.24, 2.45) is 5.73 Å². The van der Waals surface area contributed by atoms with Crippen LogP contribution in [0.25, 0.3) is 0 Å². The summed E-state index contributed by atoms with van der Waals surface area (Å²) in [6, 6.07) is 6.71. The number of likely N-dealkylation sites (N-methyl/N-ethyl adjacent to an activating group) is 1. The van der Waals surface area contributed by atoms with E-state index in [9.17, 15) is 14.4 Å². The summed E-state index contributed by atoms with van der Waals surface area (Å²) in [5.41, 5.74) is 5.57. The first-order valence-electron chi connectivity index (χ1n) is 8.67. The number of nitrogens with two attached hydrogens (primary N) is 1. The van der Waals surface area contributed by atoms with Crippen LogP contribution in [-0.2, 0) is 9.59 Å². The van der Waals surface area contributed by atoms with Crippen LogP contribution in [0.4, 0.5) is 0 Å². The van der Waals surface area contributed by atoms with Crippen LogP contribution in [0.2, 0.25) is 0 Å². The number of carboxylic acids is 1. The Morgan fingerprint density at radius 3 is 2.46 bits per heavy atom. The first-order chi connectivity index (χ1) is 12.4. The van der Waals surface area contributed by atoms with E-state index in [0.29, 0.717) is 17.9 Å². The number of nitrogens with one attached hydrogen (secondary N) is 1. The highest BCUT2D eigenvalue weighted by Gasteiger charge is 2.34. The Balaban J connectivity index is 1.64. The van der Waals surface area contributed by atoms with Crippen molar-refractivity contribution >= 4 is 17.8 Å². The zero-order chi connectivity index (χ0) is 19.1. The monoisotopic (exact) mass is 363 g/mol. The van der Waals surface area contributed by atoms with Crippen LogP contribution in [0.5, 0.6) is 5.75 Å². The lowest BCUT2D eigenvalue weighted by Crippen LogP contribution is -2.54. The number of hydrogen-bond donors (Lipinski definition) is 3. The van der Waals surface area contributed by atoms with Gasteiger partial charge in [-0.2, -0.15) is 0 Å². The third-order valence-electron chi connectivity index (χ3n) is 4.48. The summed E-state index contributed by atoms with van der Waals surface area (Å²) in [6.45, 7) is 2.88. The molecular formula is C18H25N3O5. The van der Waals surface area contributed by atoms with Crippen LogP contribution in [0.3, 0.4) is 0 Å². The molecule has 1 aromatic carbocycles. The topological polar surface area (TPSA) is 122 Å². The molecule has 0 saturated heterocycles. The minimum absolute atomic E-state index is 0.0320. The Labute approximate surface area is 152 Å². The van der Waals surface area contributed by atoms with E-state index in [1.807, 2.05) is 11.8 Å². The van der Waals surface area contributed by atoms with Crippen molar-refractivity contribution in [2.45, 2.75) is 38.3 Å². The van der Waals surface area contributed by atoms with Gasteiger partial charge in [0, 0.05) is 17.6 Å². The Kier molecular flexibility index (Phi) is 6.97. The molecule has 2 rings (SSSR count). The van der Waals surface area contributed by atoms with Gasteiger partial charge in [-0.15, -0.1) is 0 Å². The maximum absolute atomic E-state index is 11.9. The molecule has 0 aliphatic heterocycles. The molecule has 2 amide bonds. The summed E-state index contributed by atoms with van der Waals surface area (Å²) in [7, 11) is 0. The lowest BCUT2D eigenvalue weighted by molar-refractivity contribution is -0.139. The lowest BCUT2D eigenvalue weighted by atomic mass is 9.85. The van der Waals surface area contributed by atoms with E-state index in [4.69, 9.17) is 15.6 Å². The Bertz CT molecular complexity index is 641. The molecule has 1 saturated carbocycles. The fraction of sp³-hybridized carbons (Fsp3) is 0.500. The van der Waals surface area contributed by atoms with Gasteiger partial charge in [-0.05, 0) is 43.7 Å². The number of carboxylic acid groups (broad SMARTS) is 1. The van der Waals surface area contributed by atoms with Gasteiger partial charge in [0.15, 0.2) is 0 Å². The van der Waals surface area contributed by atoms with E-state index < -0.39 is 11.9 Å². The van der Waals surface area contributed by atoms with Crippen molar-refractivity contribution in [1.29, 1.82) is 0 Å². The quantitative estimate of drug-likeness (QED) is 0.560. The van der Waals surface area contributed by atoms with Crippen molar-refractivity contribution in [2.75, 3.05) is 19.7 Å². The number of carbonyl (C=O) groups is 3. The molecule has 1 aromatic rings. The predicted molar refractivity (Wildman–Crippen MR) is 94.9 cm³/mol. The number of aliphatic carboxylic acids is 1. The zero-order valence-electron chi connectivity index (χ0n) is 14.8. The van der Waals surface area contributed by atoms with Crippen molar-refractivity contribution < 1.29 is 24.2 Å². The van der Waals surface area contributed by atoms with E-state index >= 15 is 0 Å². The second-order valence-electron chi connectivity index (χ2n) is 6.33. The Hall–Kier alpha value is -2.61. The van der Waals surface area contributed by atoms with Crippen LogP contribution in [0.15, 0.2) is 24.3 Å². The highest BCUT2D eigenvalue weighted by Crippen LogP contribution is 2.25. The normalized spacial score (nSPS) is 18.8. The number of nitrogens with zero attached hydrogens (tertiary/aromatic N) is 1. The van der Waals surface area contributed by atoms with Gasteiger partial charge in [-0.1, -0.05) is 6.92 Å². The molecule has 26 heavy (non-hydrogen) atoms. The maximum Gasteiger partial charge on any atom is 0.317 e. The number of benzene rings is 1. The first-order valence-corrected chi connectivity index (χ1v) is 8.67. The molecule has 142 valence electrons. The summed E-state index contributed by atoms with van der Waals surface area (Å²) in [6.07, 6.45) is 1.76. The van der Waals surface area contributed by atoms with Crippen molar-refractivity contribution in [3.05, 3.63) is 29.8 Å². The number of rotatable bonds is 10. The molecule has 1 aliphatic carbocycles. The standard InChI is InChI=1S/C18H25N3O5/c1-2-21(11-17(23)24)14-9-13(10-14)20-16(22)7-8-26-15-5-3-12(4-6-15)18(19)25/h3-6,13-14H,2,7-11H2,1H3,(H2,19,25)(H,20,22)(H,23,24). The van der Waals surface area contributed by atoms with Crippen molar-refractivity contribution in [3.63, 3.8) is 0 Å². The molecule has 0 aromatic heterocycles. The molecule has 0 heterocycles. The van der Waals surface area contributed by atoms with E-state index in [2.05, 4.69) is 5.32 Å². The second kappa shape index (κ2) is 9.19. The smallest absolute Gasteiger partial charge is 0.317 e. The Morgan fingerprint density at radius 1 is 1.27 bits per heavy atom. The largest absolute Gasteiger partial charge is 0.493 e. The molecule has 1 fully saturated rings. The van der Waals surface area contributed by atoms with Gasteiger partial charge < -0.3 is 20.9 Å². The van der Waals surface area contributed by atoms with Gasteiger partial charge in [0.1, 0.15) is 5.75 Å². The molecule has 8 nitrogen and oxygen atoms in total. The number of hydrogen-bond acceptors (Lipinski definition) is 5. The second-order valence-corrected chi connectivity index (χ2v) is 6.33. The van der Waals surface area contributed by atoms with Crippen LogP contribution < -0.4 is 15.8 Å². The van der Waals surface area contributed by atoms with Gasteiger partial charge >= 0.3 is 5.97 Å². The predicted octanol–water partition coefficient (Wildman–Crippen LogP) is 0.608. The molecule has 0 atom stereocenters. The van der Waals surface area contributed by atoms with Gasteiger partial charge in [0.2, 0.25) is 11.8 Å². The molecule has 0 spiro atoms. The molecule has 0 unspecified atom stereocenters. The van der Waals surface area contributed by atoms with E-state index in [1.165, 1.54) is 0 Å². The summed E-state index contributed by atoms with van der Waals surface area (Å²) in [5, 5.41) is 11.8. The van der Waals surface area contributed by atoms with Crippen LogP contribution in [0.1, 0.15) is 36.5 Å². The van der Waals surface area contributed by atoms with Gasteiger partial charge in [-0.3, -0.25) is 19.3 Å². The van der Waals surface area contributed by atoms with Gasteiger partial charge in [0.05, 0.1) is 19.6 Å². The van der Waals surface area contributed by atoms with Gasteiger partial charge in [0.25, 0.3) is 0 Å². The molecule has 0 bridgehead atoms. The summed E-state index contributed by atoms with van der Waals surface area (Å²) in [5.74, 6) is -0.859. The Morgan fingerprint density at radius 2 is 1.92 bits per heavy atom. The fourth-order valence-corrected chi connectivity index (χ4v) is 2.95. The number of amides is 2. The summed E-state index contributed by atoms with van der Waals surface area (Å²) >= 11 is 0. The van der Waals surface area contributed by atoms with E-state index in [1.54, 1.807) is 24.3 Å². The summed E-state index contributed by atoms with van der Waals surface area (Å²) < 4.78 is 5.48. The third-order valence-corrected chi connectivity index (χ3v) is 4.48. The SMILES string of the molecule is CCN(CC(=O)O)C1CC(NC(=O)CCOc2ccc(C(N)=O)cc2)C1. The van der Waals surface area contributed by atoms with Gasteiger partial charge in [-0.25, -0.2) is 0 Å². The minimum atomic E-state index is -0.833. The minimum Gasteiger partial charge on any atom is -0.493 e. The van der Waals surface area contributed by atoms with E-state index in [-0.39, 0.29) is 37.6 Å². The first kappa shape index (κ1) is 19.7. The van der Waals surface area contributed by atoms with Crippen LogP contribution in [-0.4, -0.2) is 59.6 Å². The van der Waals surface area contributed by atoms with Crippen LogP contribution >= 0.6 is 0 Å². The highest BCUT2D eigenvalue weighted by atomic mass is 16.5. The average Bonchev–Trinajstić information content (AvgIpc) is 2.56. The average molecular weight is 363 g/mol. The van der Waals surface area contributed by atoms with Crippen molar-refractivity contribution in [3.8, 4) is 5.75 Å². The zero-order valence-corrected chi connectivity index (χ0v) is 14.8.